The number of para-hydroxylation sites is 1. The number of ether oxygens (including phenoxy) is 2. The second-order valence-electron chi connectivity index (χ2n) is 9.46. The van der Waals surface area contributed by atoms with Gasteiger partial charge in [-0.15, -0.1) is 0 Å². The number of rotatable bonds is 10. The number of nitrogens with zero attached hydrogens (tertiary/aromatic N) is 1. The molecule has 0 aliphatic carbocycles. The lowest BCUT2D eigenvalue weighted by atomic mass is 9.87. The van der Waals surface area contributed by atoms with E-state index in [1.54, 1.807) is 26.4 Å². The molecule has 3 aromatic carbocycles. The Hall–Kier alpha value is -3.80. The van der Waals surface area contributed by atoms with Gasteiger partial charge < -0.3 is 19.4 Å². The molecular weight excluding hydrogens is 455 g/mol. The maximum absolute atomic E-state index is 13.5. The molecule has 0 bridgehead atoms. The third kappa shape index (κ3) is 5.88. The topological polar surface area (TPSA) is 52.5 Å². The molecule has 36 heavy (non-hydrogen) atoms. The van der Waals surface area contributed by atoms with E-state index < -0.39 is 0 Å². The van der Waals surface area contributed by atoms with Crippen LogP contribution in [0.15, 0.2) is 72.9 Å². The highest BCUT2D eigenvalue weighted by atomic mass is 19.1. The van der Waals surface area contributed by atoms with Crippen molar-refractivity contribution in [2.24, 2.45) is 5.92 Å². The van der Waals surface area contributed by atoms with Gasteiger partial charge in [0.1, 0.15) is 17.3 Å². The predicted molar refractivity (Wildman–Crippen MR) is 141 cm³/mol. The summed E-state index contributed by atoms with van der Waals surface area (Å²) in [7, 11) is 3.24. The minimum atomic E-state index is -0.253. The van der Waals surface area contributed by atoms with Crippen LogP contribution in [-0.4, -0.2) is 31.2 Å². The number of fused-ring (bicyclic) bond motifs is 1. The predicted octanol–water partition coefficient (Wildman–Crippen LogP) is 6.14. The molecule has 188 valence electrons. The normalized spacial score (nSPS) is 12.1. The SMILES string of the molecule is COc1cc(OC)cc([C@@H](CC(=O)NCC(C)C)c2cn(Cc3ccc(F)cc3)c3ccccc23)c1. The van der Waals surface area contributed by atoms with Crippen LogP contribution in [0, 0.1) is 11.7 Å². The number of aromatic nitrogens is 1. The number of amides is 1. The summed E-state index contributed by atoms with van der Waals surface area (Å²) >= 11 is 0. The zero-order chi connectivity index (χ0) is 25.7. The number of halogens is 1. The van der Waals surface area contributed by atoms with Gasteiger partial charge in [0.2, 0.25) is 5.91 Å². The van der Waals surface area contributed by atoms with Crippen molar-refractivity contribution in [2.45, 2.75) is 32.7 Å². The third-order valence-electron chi connectivity index (χ3n) is 6.33. The fraction of sp³-hybridized carbons (Fsp3) is 0.300. The van der Waals surface area contributed by atoms with Crippen molar-refractivity contribution < 1.29 is 18.7 Å². The van der Waals surface area contributed by atoms with Crippen molar-refractivity contribution in [3.63, 3.8) is 0 Å². The fourth-order valence-electron chi connectivity index (χ4n) is 4.48. The van der Waals surface area contributed by atoms with Crippen LogP contribution < -0.4 is 14.8 Å². The summed E-state index contributed by atoms with van der Waals surface area (Å²) in [6.07, 6.45) is 2.40. The van der Waals surface area contributed by atoms with Crippen LogP contribution >= 0.6 is 0 Å². The van der Waals surface area contributed by atoms with Gasteiger partial charge in [-0.1, -0.05) is 44.2 Å². The zero-order valence-corrected chi connectivity index (χ0v) is 21.3. The van der Waals surface area contributed by atoms with E-state index in [2.05, 4.69) is 42.1 Å². The number of methoxy groups -OCH3 is 2. The summed E-state index contributed by atoms with van der Waals surface area (Å²) in [4.78, 5) is 13.1. The van der Waals surface area contributed by atoms with Crippen LogP contribution in [0.1, 0.15) is 42.9 Å². The maximum Gasteiger partial charge on any atom is 0.220 e. The Bertz CT molecular complexity index is 1310. The van der Waals surface area contributed by atoms with Crippen LogP contribution in [-0.2, 0) is 11.3 Å². The molecule has 0 radical (unpaired) electrons. The van der Waals surface area contributed by atoms with Crippen molar-refractivity contribution in [3.8, 4) is 11.5 Å². The highest BCUT2D eigenvalue weighted by molar-refractivity contribution is 5.87. The Balaban J connectivity index is 1.81. The van der Waals surface area contributed by atoms with Crippen LogP contribution in [0.2, 0.25) is 0 Å². The number of carbonyl (C=O) groups excluding carboxylic acids is 1. The Morgan fingerprint density at radius 2 is 1.64 bits per heavy atom. The maximum atomic E-state index is 13.5. The first-order chi connectivity index (χ1) is 17.4. The molecule has 4 aromatic rings. The van der Waals surface area contributed by atoms with Gasteiger partial charge in [-0.3, -0.25) is 4.79 Å². The second kappa shape index (κ2) is 11.3. The summed E-state index contributed by atoms with van der Waals surface area (Å²) < 4.78 is 26.7. The van der Waals surface area contributed by atoms with Gasteiger partial charge in [-0.05, 0) is 52.9 Å². The van der Waals surface area contributed by atoms with E-state index in [0.29, 0.717) is 30.5 Å². The van der Waals surface area contributed by atoms with Gasteiger partial charge in [0.15, 0.2) is 0 Å². The number of benzene rings is 3. The zero-order valence-electron chi connectivity index (χ0n) is 21.3. The molecule has 0 unspecified atom stereocenters. The van der Waals surface area contributed by atoms with Crippen molar-refractivity contribution in [2.75, 3.05) is 20.8 Å². The first-order valence-corrected chi connectivity index (χ1v) is 12.2. The van der Waals surface area contributed by atoms with Crippen molar-refractivity contribution in [3.05, 3.63) is 95.4 Å². The van der Waals surface area contributed by atoms with Crippen molar-refractivity contribution >= 4 is 16.8 Å². The van der Waals surface area contributed by atoms with Gasteiger partial charge >= 0.3 is 0 Å². The molecule has 0 fully saturated rings. The average molecular weight is 489 g/mol. The summed E-state index contributed by atoms with van der Waals surface area (Å²) in [5.41, 5.74) is 4.04. The third-order valence-corrected chi connectivity index (χ3v) is 6.33. The molecule has 0 spiro atoms. The van der Waals surface area contributed by atoms with E-state index in [4.69, 9.17) is 9.47 Å². The van der Waals surface area contributed by atoms with Gasteiger partial charge in [-0.2, -0.15) is 0 Å². The molecule has 0 saturated carbocycles. The second-order valence-corrected chi connectivity index (χ2v) is 9.46. The van der Waals surface area contributed by atoms with Gasteiger partial charge in [0, 0.05) is 48.6 Å². The van der Waals surface area contributed by atoms with E-state index >= 15 is 0 Å². The Labute approximate surface area is 211 Å². The molecule has 1 heterocycles. The molecule has 0 saturated heterocycles. The monoisotopic (exact) mass is 488 g/mol. The molecule has 0 aliphatic rings. The van der Waals surface area contributed by atoms with E-state index in [0.717, 1.165) is 27.6 Å². The van der Waals surface area contributed by atoms with Gasteiger partial charge in [-0.25, -0.2) is 4.39 Å². The van der Waals surface area contributed by atoms with Crippen LogP contribution in [0.3, 0.4) is 0 Å². The Morgan fingerprint density at radius 3 is 2.28 bits per heavy atom. The number of nitrogens with one attached hydrogen (secondary N) is 1. The standard InChI is InChI=1S/C30H33FN2O3/c1-20(2)17-32-30(34)16-27(22-13-24(35-3)15-25(14-22)36-4)28-19-33(29-8-6-5-7-26(28)29)18-21-9-11-23(31)12-10-21/h5-15,19-20,27H,16-18H2,1-4H3,(H,32,34)/t27-/m1/s1. The Morgan fingerprint density at radius 1 is 0.972 bits per heavy atom. The summed E-state index contributed by atoms with van der Waals surface area (Å²) in [6.45, 7) is 5.37. The number of carbonyl (C=O) groups is 1. The summed E-state index contributed by atoms with van der Waals surface area (Å²) in [5, 5.41) is 4.14. The molecule has 0 aliphatic heterocycles. The first-order valence-electron chi connectivity index (χ1n) is 12.2. The first kappa shape index (κ1) is 25.3. The lowest BCUT2D eigenvalue weighted by Gasteiger charge is -2.19. The molecular formula is C30H33FN2O3. The molecule has 6 heteroatoms. The van der Waals surface area contributed by atoms with Crippen LogP contribution in [0.25, 0.3) is 10.9 Å². The molecule has 1 atom stereocenters. The number of hydrogen-bond acceptors (Lipinski definition) is 3. The number of hydrogen-bond donors (Lipinski definition) is 1. The molecule has 5 nitrogen and oxygen atoms in total. The van der Waals surface area contributed by atoms with E-state index in [1.807, 2.05) is 30.3 Å². The molecule has 1 aromatic heterocycles. The van der Waals surface area contributed by atoms with Crippen LogP contribution in [0.5, 0.6) is 11.5 Å². The molecule has 1 N–H and O–H groups in total. The van der Waals surface area contributed by atoms with Gasteiger partial charge in [0.05, 0.1) is 14.2 Å². The molecule has 1 amide bonds. The van der Waals surface area contributed by atoms with Crippen molar-refractivity contribution in [1.82, 2.24) is 9.88 Å². The average Bonchev–Trinajstić information content (AvgIpc) is 3.25. The van der Waals surface area contributed by atoms with Crippen molar-refractivity contribution in [1.29, 1.82) is 0 Å². The lowest BCUT2D eigenvalue weighted by Crippen LogP contribution is -2.28. The minimum absolute atomic E-state index is 0.00847. The quantitative estimate of drug-likeness (QED) is 0.292. The largest absolute Gasteiger partial charge is 0.497 e. The minimum Gasteiger partial charge on any atom is -0.497 e. The highest BCUT2D eigenvalue weighted by Crippen LogP contribution is 2.38. The fourth-order valence-corrected chi connectivity index (χ4v) is 4.48. The van der Waals surface area contributed by atoms with E-state index in [1.165, 1.54) is 12.1 Å². The molecule has 4 rings (SSSR count). The highest BCUT2D eigenvalue weighted by Gasteiger charge is 2.24. The smallest absolute Gasteiger partial charge is 0.220 e. The Kier molecular flexibility index (Phi) is 7.93. The lowest BCUT2D eigenvalue weighted by molar-refractivity contribution is -0.121. The summed E-state index contributed by atoms with van der Waals surface area (Å²) in [5.74, 6) is 1.23. The summed E-state index contributed by atoms with van der Waals surface area (Å²) in [6, 6.07) is 20.5. The van der Waals surface area contributed by atoms with Gasteiger partial charge in [0.25, 0.3) is 0 Å². The van der Waals surface area contributed by atoms with E-state index in [-0.39, 0.29) is 24.1 Å². The van der Waals surface area contributed by atoms with E-state index in [9.17, 15) is 9.18 Å². The van der Waals surface area contributed by atoms with Crippen LogP contribution in [0.4, 0.5) is 4.39 Å².